The Bertz CT molecular complexity index is 683. The largest absolute Gasteiger partial charge is 0.442 e. The Balaban J connectivity index is 1.68. The quantitative estimate of drug-likeness (QED) is 0.912. The van der Waals surface area contributed by atoms with E-state index in [4.69, 9.17) is 9.47 Å². The second kappa shape index (κ2) is 7.27. The van der Waals surface area contributed by atoms with Crippen LogP contribution in [0.5, 0.6) is 0 Å². The Kier molecular flexibility index (Phi) is 5.08. The van der Waals surface area contributed by atoms with Crippen molar-refractivity contribution in [3.63, 3.8) is 0 Å². The Morgan fingerprint density at radius 1 is 1.28 bits per heavy atom. The number of anilines is 1. The molecule has 1 aromatic carbocycles. The summed E-state index contributed by atoms with van der Waals surface area (Å²) in [6.45, 7) is 6.33. The lowest BCUT2D eigenvalue weighted by Crippen LogP contribution is -2.33. The highest BCUT2D eigenvalue weighted by molar-refractivity contribution is 5.90. The summed E-state index contributed by atoms with van der Waals surface area (Å²) in [5.74, 6) is -0.132. The molecule has 6 nitrogen and oxygen atoms in total. The lowest BCUT2D eigenvalue weighted by molar-refractivity contribution is -0.119. The molecule has 3 rings (SSSR count). The van der Waals surface area contributed by atoms with Crippen LogP contribution in [0.3, 0.4) is 0 Å². The Labute approximate surface area is 147 Å². The average molecular weight is 344 g/mol. The van der Waals surface area contributed by atoms with Gasteiger partial charge in [0.2, 0.25) is 5.91 Å². The van der Waals surface area contributed by atoms with E-state index in [2.05, 4.69) is 18.3 Å². The molecule has 1 aromatic rings. The topological polar surface area (TPSA) is 67.9 Å². The molecule has 0 spiro atoms. The normalized spacial score (nSPS) is 26.2. The van der Waals surface area contributed by atoms with E-state index in [0.717, 1.165) is 17.7 Å². The second-order valence-corrected chi connectivity index (χ2v) is 6.65. The van der Waals surface area contributed by atoms with Crippen LogP contribution in [0, 0.1) is 0 Å². The monoisotopic (exact) mass is 344 g/mol. The lowest BCUT2D eigenvalue weighted by Gasteiger charge is -2.25. The fourth-order valence-corrected chi connectivity index (χ4v) is 3.28. The van der Waals surface area contributed by atoms with Gasteiger partial charge in [-0.25, -0.2) is 4.79 Å². The van der Waals surface area contributed by atoms with Crippen LogP contribution in [0.1, 0.15) is 32.8 Å². The first-order valence-electron chi connectivity index (χ1n) is 8.61. The first kappa shape index (κ1) is 17.5. The molecule has 1 saturated heterocycles. The van der Waals surface area contributed by atoms with Crippen molar-refractivity contribution in [1.82, 2.24) is 5.32 Å². The van der Waals surface area contributed by atoms with E-state index in [1.165, 1.54) is 12.5 Å². The number of cyclic esters (lactones) is 1. The first-order chi connectivity index (χ1) is 11.9. The third-order valence-electron chi connectivity index (χ3n) is 4.39. The molecular weight excluding hydrogens is 320 g/mol. The summed E-state index contributed by atoms with van der Waals surface area (Å²) < 4.78 is 11.0. The van der Waals surface area contributed by atoms with Gasteiger partial charge >= 0.3 is 6.09 Å². The minimum atomic E-state index is -0.379. The van der Waals surface area contributed by atoms with Gasteiger partial charge in [-0.2, -0.15) is 0 Å². The van der Waals surface area contributed by atoms with Crippen LogP contribution in [0.2, 0.25) is 0 Å². The molecule has 0 aliphatic carbocycles. The van der Waals surface area contributed by atoms with Gasteiger partial charge in [-0.1, -0.05) is 18.2 Å². The number of hydrogen-bond acceptors (Lipinski definition) is 4. The molecule has 2 aliphatic heterocycles. The molecule has 0 aromatic heterocycles. The number of benzene rings is 1. The second-order valence-electron chi connectivity index (χ2n) is 6.65. The number of rotatable bonds is 4. The highest BCUT2D eigenvalue weighted by atomic mass is 16.6. The molecule has 3 atom stereocenters. The van der Waals surface area contributed by atoms with Crippen molar-refractivity contribution in [2.75, 3.05) is 18.0 Å². The van der Waals surface area contributed by atoms with E-state index in [1.807, 2.05) is 31.2 Å². The maximum absolute atomic E-state index is 12.1. The van der Waals surface area contributed by atoms with Crippen molar-refractivity contribution >= 4 is 23.3 Å². The maximum atomic E-state index is 12.1. The van der Waals surface area contributed by atoms with Gasteiger partial charge < -0.3 is 14.8 Å². The Hall–Kier alpha value is -2.34. The standard InChI is InChI=1S/C19H24N2O4/c1-12-8-16(9-13(2)24-12)15-4-6-17(7-5-15)21-11-18(25-19(21)23)10-20-14(3)22/h4-8,12-13,18H,9-11H2,1-3H3,(H,20,22)/t12?,13?,18-/m0/s1. The molecule has 1 N–H and O–H groups in total. The number of nitrogens with one attached hydrogen (secondary N) is 1. The van der Waals surface area contributed by atoms with Crippen LogP contribution in [-0.2, 0) is 14.3 Å². The summed E-state index contributed by atoms with van der Waals surface area (Å²) in [6.07, 6.45) is 2.64. The molecule has 6 heteroatoms. The summed E-state index contributed by atoms with van der Waals surface area (Å²) >= 11 is 0. The Morgan fingerprint density at radius 2 is 2.00 bits per heavy atom. The van der Waals surface area contributed by atoms with E-state index in [0.29, 0.717) is 13.1 Å². The van der Waals surface area contributed by atoms with E-state index >= 15 is 0 Å². The van der Waals surface area contributed by atoms with Crippen LogP contribution in [-0.4, -0.2) is 43.4 Å². The third kappa shape index (κ3) is 4.20. The van der Waals surface area contributed by atoms with E-state index in [9.17, 15) is 9.59 Å². The summed E-state index contributed by atoms with van der Waals surface area (Å²) in [4.78, 5) is 24.7. The van der Waals surface area contributed by atoms with Crippen molar-refractivity contribution in [1.29, 1.82) is 0 Å². The summed E-state index contributed by atoms with van der Waals surface area (Å²) in [5.41, 5.74) is 3.21. The molecule has 25 heavy (non-hydrogen) atoms. The number of nitrogens with zero attached hydrogens (tertiary/aromatic N) is 1. The van der Waals surface area contributed by atoms with Crippen LogP contribution >= 0.6 is 0 Å². The van der Waals surface area contributed by atoms with Crippen molar-refractivity contribution in [2.45, 2.75) is 45.5 Å². The highest BCUT2D eigenvalue weighted by Gasteiger charge is 2.32. The minimum absolute atomic E-state index is 0.113. The van der Waals surface area contributed by atoms with E-state index in [-0.39, 0.29) is 30.3 Å². The Morgan fingerprint density at radius 3 is 2.64 bits per heavy atom. The van der Waals surface area contributed by atoms with Gasteiger partial charge in [0, 0.05) is 12.6 Å². The molecule has 2 heterocycles. The predicted octanol–water partition coefficient (Wildman–Crippen LogP) is 2.73. The van der Waals surface area contributed by atoms with Gasteiger partial charge in [-0.3, -0.25) is 9.69 Å². The molecule has 2 amide bonds. The smallest absolute Gasteiger partial charge is 0.414 e. The number of amides is 2. The minimum Gasteiger partial charge on any atom is -0.442 e. The van der Waals surface area contributed by atoms with Gasteiger partial charge in [-0.05, 0) is 43.5 Å². The van der Waals surface area contributed by atoms with Crippen molar-refractivity contribution < 1.29 is 19.1 Å². The number of ether oxygens (including phenoxy) is 2. The zero-order chi connectivity index (χ0) is 18.0. The lowest BCUT2D eigenvalue weighted by atomic mass is 9.96. The van der Waals surface area contributed by atoms with Crippen molar-refractivity contribution in [2.24, 2.45) is 0 Å². The summed E-state index contributed by atoms with van der Waals surface area (Å²) in [7, 11) is 0. The zero-order valence-corrected chi connectivity index (χ0v) is 14.8. The highest BCUT2D eigenvalue weighted by Crippen LogP contribution is 2.29. The van der Waals surface area contributed by atoms with Gasteiger partial charge in [-0.15, -0.1) is 0 Å². The molecular formula is C19H24N2O4. The van der Waals surface area contributed by atoms with E-state index in [1.54, 1.807) is 4.90 Å². The number of carbonyl (C=O) groups is 2. The van der Waals surface area contributed by atoms with Gasteiger partial charge in [0.15, 0.2) is 0 Å². The summed E-state index contributed by atoms with van der Waals surface area (Å²) in [6, 6.07) is 7.92. The number of hydrogen-bond donors (Lipinski definition) is 1. The van der Waals surface area contributed by atoms with E-state index < -0.39 is 0 Å². The fourth-order valence-electron chi connectivity index (χ4n) is 3.28. The molecule has 1 fully saturated rings. The molecule has 0 radical (unpaired) electrons. The molecule has 134 valence electrons. The molecule has 2 unspecified atom stereocenters. The van der Waals surface area contributed by atoms with Gasteiger partial charge in [0.1, 0.15) is 6.10 Å². The fraction of sp³-hybridized carbons (Fsp3) is 0.474. The van der Waals surface area contributed by atoms with Crippen LogP contribution in [0.4, 0.5) is 10.5 Å². The van der Waals surface area contributed by atoms with Gasteiger partial charge in [0.25, 0.3) is 0 Å². The number of carbonyl (C=O) groups excluding carboxylic acids is 2. The van der Waals surface area contributed by atoms with Crippen LogP contribution in [0.15, 0.2) is 30.3 Å². The zero-order valence-electron chi connectivity index (χ0n) is 14.8. The van der Waals surface area contributed by atoms with Crippen molar-refractivity contribution in [3.8, 4) is 0 Å². The average Bonchev–Trinajstić information content (AvgIpc) is 2.93. The predicted molar refractivity (Wildman–Crippen MR) is 95.3 cm³/mol. The maximum Gasteiger partial charge on any atom is 0.414 e. The molecule has 2 aliphatic rings. The SMILES string of the molecule is CC(=O)NC[C@H]1CN(c2ccc(C3=CC(C)OC(C)C3)cc2)C(=O)O1. The summed E-state index contributed by atoms with van der Waals surface area (Å²) in [5, 5.41) is 2.68. The van der Waals surface area contributed by atoms with Crippen LogP contribution in [0.25, 0.3) is 5.57 Å². The first-order valence-corrected chi connectivity index (χ1v) is 8.61. The molecule has 0 saturated carbocycles. The van der Waals surface area contributed by atoms with Crippen LogP contribution < -0.4 is 10.2 Å². The van der Waals surface area contributed by atoms with Crippen molar-refractivity contribution in [3.05, 3.63) is 35.9 Å². The van der Waals surface area contributed by atoms with Gasteiger partial charge in [0.05, 0.1) is 25.3 Å². The third-order valence-corrected chi connectivity index (χ3v) is 4.39. The molecule has 0 bridgehead atoms.